The predicted molar refractivity (Wildman–Crippen MR) is 110 cm³/mol. The Morgan fingerprint density at radius 1 is 1.33 bits per heavy atom. The number of rotatable bonds is 5. The summed E-state index contributed by atoms with van der Waals surface area (Å²) in [6.07, 6.45) is 0. The zero-order valence-electron chi connectivity index (χ0n) is 13.8. The van der Waals surface area contributed by atoms with E-state index in [-0.39, 0.29) is 29.0 Å². The number of hydrogen-bond acceptors (Lipinski definition) is 3. The fraction of sp³-hybridized carbons (Fsp3) is 0.375. The second kappa shape index (κ2) is 10.1. The molecule has 2 rings (SSSR count). The van der Waals surface area contributed by atoms with Crippen LogP contribution in [0.4, 0.5) is 4.39 Å². The van der Waals surface area contributed by atoms with Crippen LogP contribution in [0, 0.1) is 19.7 Å². The zero-order valence-corrected chi connectivity index (χ0v) is 17.7. The molecule has 0 saturated carbocycles. The lowest BCUT2D eigenvalue weighted by atomic mass is 10.2. The molecule has 2 N–H and O–H groups in total. The first-order chi connectivity index (χ1) is 11.0. The maximum atomic E-state index is 13.2. The molecular weight excluding hydrogens is 462 g/mol. The van der Waals surface area contributed by atoms with E-state index in [9.17, 15) is 4.39 Å². The van der Waals surface area contributed by atoms with Crippen LogP contribution in [0.2, 0.25) is 5.02 Å². The number of hydrogen-bond donors (Lipinski definition) is 2. The number of aryl methyl sites for hydroxylation is 2. The molecule has 4 nitrogen and oxygen atoms in total. The Kier molecular flexibility index (Phi) is 8.93. The van der Waals surface area contributed by atoms with Gasteiger partial charge in [-0.1, -0.05) is 17.7 Å². The highest BCUT2D eigenvalue weighted by atomic mass is 127. The smallest absolute Gasteiger partial charge is 0.191 e. The predicted octanol–water partition coefficient (Wildman–Crippen LogP) is 4.43. The van der Waals surface area contributed by atoms with Gasteiger partial charge in [-0.3, -0.25) is 0 Å². The second-order valence-corrected chi connectivity index (χ2v) is 6.74. The van der Waals surface area contributed by atoms with E-state index in [2.05, 4.69) is 27.5 Å². The fourth-order valence-corrected chi connectivity index (χ4v) is 3.00. The van der Waals surface area contributed by atoms with Crippen molar-refractivity contribution in [3.63, 3.8) is 0 Å². The van der Waals surface area contributed by atoms with E-state index in [0.717, 1.165) is 22.8 Å². The van der Waals surface area contributed by atoms with E-state index in [0.29, 0.717) is 19.0 Å². The minimum absolute atomic E-state index is 0. The highest BCUT2D eigenvalue weighted by molar-refractivity contribution is 14.0. The maximum Gasteiger partial charge on any atom is 0.191 e. The molecule has 0 fully saturated rings. The van der Waals surface area contributed by atoms with Gasteiger partial charge in [0.05, 0.1) is 23.8 Å². The molecule has 132 valence electrons. The summed E-state index contributed by atoms with van der Waals surface area (Å²) in [5.41, 5.74) is 1.92. The van der Waals surface area contributed by atoms with Gasteiger partial charge in [0.1, 0.15) is 10.8 Å². The van der Waals surface area contributed by atoms with Crippen molar-refractivity contribution in [2.45, 2.75) is 33.9 Å². The number of nitrogens with zero attached hydrogens (tertiary/aromatic N) is 2. The largest absolute Gasteiger partial charge is 0.357 e. The van der Waals surface area contributed by atoms with Gasteiger partial charge < -0.3 is 10.6 Å². The third-order valence-electron chi connectivity index (χ3n) is 3.23. The molecule has 24 heavy (non-hydrogen) atoms. The Bertz CT molecular complexity index is 686. The maximum absolute atomic E-state index is 13.2. The molecule has 1 heterocycles. The van der Waals surface area contributed by atoms with Crippen molar-refractivity contribution in [1.29, 1.82) is 0 Å². The molecule has 0 amide bonds. The lowest BCUT2D eigenvalue weighted by Gasteiger charge is -2.10. The van der Waals surface area contributed by atoms with Gasteiger partial charge in [0.25, 0.3) is 0 Å². The van der Waals surface area contributed by atoms with Crippen LogP contribution < -0.4 is 10.6 Å². The first-order valence-electron chi connectivity index (χ1n) is 7.38. The Hall–Kier alpha value is -0.930. The molecule has 0 aliphatic rings. The third kappa shape index (κ3) is 6.18. The van der Waals surface area contributed by atoms with E-state index >= 15 is 0 Å². The number of aromatic nitrogens is 1. The molecule has 0 spiro atoms. The van der Waals surface area contributed by atoms with E-state index in [1.54, 1.807) is 23.5 Å². The van der Waals surface area contributed by atoms with Crippen LogP contribution in [0.25, 0.3) is 0 Å². The third-order valence-corrected chi connectivity index (χ3v) is 4.59. The average molecular weight is 483 g/mol. The number of nitrogens with one attached hydrogen (secondary N) is 2. The van der Waals surface area contributed by atoms with Crippen LogP contribution in [0.5, 0.6) is 0 Å². The zero-order chi connectivity index (χ0) is 16.8. The summed E-state index contributed by atoms with van der Waals surface area (Å²) < 4.78 is 13.2. The summed E-state index contributed by atoms with van der Waals surface area (Å²) in [4.78, 5) is 10.2. The van der Waals surface area contributed by atoms with Crippen LogP contribution >= 0.6 is 46.9 Å². The number of thiazole rings is 1. The minimum atomic E-state index is -0.418. The number of aliphatic imine (C=N–C) groups is 1. The van der Waals surface area contributed by atoms with E-state index < -0.39 is 5.82 Å². The summed E-state index contributed by atoms with van der Waals surface area (Å²) in [7, 11) is 0. The molecular formula is C16H21ClFIN4S. The normalized spacial score (nSPS) is 11.1. The van der Waals surface area contributed by atoms with Crippen molar-refractivity contribution in [3.8, 4) is 0 Å². The molecule has 0 unspecified atom stereocenters. The van der Waals surface area contributed by atoms with Gasteiger partial charge in [-0.2, -0.15) is 0 Å². The molecule has 1 aromatic heterocycles. The quantitative estimate of drug-likeness (QED) is 0.377. The van der Waals surface area contributed by atoms with Gasteiger partial charge >= 0.3 is 0 Å². The SMILES string of the molecule is CCNC(=NCc1ccc(F)c(Cl)c1)NCc1nc(C)c(C)s1.I. The summed E-state index contributed by atoms with van der Waals surface area (Å²) in [6, 6.07) is 4.63. The molecule has 0 radical (unpaired) electrons. The van der Waals surface area contributed by atoms with Crippen LogP contribution in [0.3, 0.4) is 0 Å². The van der Waals surface area contributed by atoms with Crippen molar-refractivity contribution in [1.82, 2.24) is 15.6 Å². The highest BCUT2D eigenvalue weighted by Crippen LogP contribution is 2.17. The van der Waals surface area contributed by atoms with Gasteiger partial charge in [-0.15, -0.1) is 35.3 Å². The molecule has 2 aromatic rings. The van der Waals surface area contributed by atoms with E-state index in [1.165, 1.54) is 10.9 Å². The lowest BCUT2D eigenvalue weighted by molar-refractivity contribution is 0.627. The van der Waals surface area contributed by atoms with Crippen molar-refractivity contribution < 1.29 is 4.39 Å². The van der Waals surface area contributed by atoms with Gasteiger partial charge in [-0.05, 0) is 38.5 Å². The first-order valence-corrected chi connectivity index (χ1v) is 8.58. The van der Waals surface area contributed by atoms with Gasteiger partial charge in [-0.25, -0.2) is 14.4 Å². The van der Waals surface area contributed by atoms with E-state index in [1.807, 2.05) is 13.8 Å². The summed E-state index contributed by atoms with van der Waals surface area (Å²) >= 11 is 7.46. The molecule has 0 aliphatic heterocycles. The molecule has 0 saturated heterocycles. The van der Waals surface area contributed by atoms with Crippen LogP contribution in [0.1, 0.15) is 28.1 Å². The minimum Gasteiger partial charge on any atom is -0.357 e. The van der Waals surface area contributed by atoms with Gasteiger partial charge in [0.2, 0.25) is 0 Å². The van der Waals surface area contributed by atoms with Crippen LogP contribution in [0.15, 0.2) is 23.2 Å². The summed E-state index contributed by atoms with van der Waals surface area (Å²) in [5.74, 6) is 0.275. The topological polar surface area (TPSA) is 49.3 Å². The molecule has 0 bridgehead atoms. The monoisotopic (exact) mass is 482 g/mol. The van der Waals surface area contributed by atoms with Gasteiger partial charge in [0.15, 0.2) is 5.96 Å². The lowest BCUT2D eigenvalue weighted by Crippen LogP contribution is -2.36. The number of benzene rings is 1. The molecule has 1 aromatic carbocycles. The highest BCUT2D eigenvalue weighted by Gasteiger charge is 2.05. The number of guanidine groups is 1. The van der Waals surface area contributed by atoms with E-state index in [4.69, 9.17) is 11.6 Å². The first kappa shape index (κ1) is 21.1. The second-order valence-electron chi connectivity index (χ2n) is 5.05. The van der Waals surface area contributed by atoms with Crippen LogP contribution in [-0.2, 0) is 13.1 Å². The van der Waals surface area contributed by atoms with Crippen molar-refractivity contribution in [2.24, 2.45) is 4.99 Å². The van der Waals surface area contributed by atoms with Crippen molar-refractivity contribution in [2.75, 3.05) is 6.54 Å². The summed E-state index contributed by atoms with van der Waals surface area (Å²) in [6.45, 7) is 7.87. The van der Waals surface area contributed by atoms with Crippen molar-refractivity contribution in [3.05, 3.63) is 50.2 Å². The Morgan fingerprint density at radius 3 is 2.67 bits per heavy atom. The molecule has 8 heteroatoms. The Morgan fingerprint density at radius 2 is 2.08 bits per heavy atom. The van der Waals surface area contributed by atoms with Gasteiger partial charge in [0, 0.05) is 11.4 Å². The molecule has 0 aliphatic carbocycles. The Labute approximate surface area is 168 Å². The Balaban J connectivity index is 0.00000288. The standard InChI is InChI=1S/C16H20ClFN4S.HI/c1-4-19-16(21-9-15-22-10(2)11(3)23-15)20-8-12-5-6-14(18)13(17)7-12;/h5-7H,4,8-9H2,1-3H3,(H2,19,20,21);1H. The van der Waals surface area contributed by atoms with Crippen LogP contribution in [-0.4, -0.2) is 17.5 Å². The molecule has 0 atom stereocenters. The average Bonchev–Trinajstić information content (AvgIpc) is 2.84. The number of halogens is 3. The summed E-state index contributed by atoms with van der Waals surface area (Å²) in [5, 5.41) is 7.57. The fourth-order valence-electron chi connectivity index (χ4n) is 1.92. The van der Waals surface area contributed by atoms with Crippen molar-refractivity contribution >= 4 is 52.9 Å².